The molecule has 0 bridgehead atoms. The largest absolute Gasteiger partial charge is 0.309 e. The molecule has 4 heterocycles. The van der Waals surface area contributed by atoms with Crippen molar-refractivity contribution in [1.29, 1.82) is 5.26 Å². The van der Waals surface area contributed by atoms with Gasteiger partial charge >= 0.3 is 0 Å². The number of rotatable bonds is 14. The number of para-hydroxylation sites is 2. The molecule has 0 aliphatic rings. The maximum absolute atomic E-state index is 9.87. The average Bonchev–Trinajstić information content (AvgIpc) is 1.69. The Morgan fingerprint density at radius 1 is 0.157 bits per heavy atom. The molecule has 0 saturated heterocycles. The lowest BCUT2D eigenvalue weighted by molar-refractivity contribution is 1.18. The van der Waals surface area contributed by atoms with Crippen LogP contribution in [0.1, 0.15) is 5.56 Å². The molecule has 0 N–H and O–H groups in total. The van der Waals surface area contributed by atoms with Gasteiger partial charge in [0.2, 0.25) is 0 Å². The number of hydrogen-bond donors (Lipinski definition) is 0. The number of nitriles is 1. The van der Waals surface area contributed by atoms with Gasteiger partial charge in [0.05, 0.1) is 55.8 Å². The molecule has 0 spiro atoms. The van der Waals surface area contributed by atoms with E-state index in [4.69, 9.17) is 0 Å². The van der Waals surface area contributed by atoms with Crippen LogP contribution in [0, 0.1) is 11.3 Å². The molecule has 0 amide bonds. The van der Waals surface area contributed by atoms with Gasteiger partial charge in [-0.05, 0) is 221 Å². The molecule has 566 valence electrons. The fraction of sp³-hybridized carbons (Fsp3) is 0. The molecule has 0 atom stereocenters. The topological polar surface area (TPSA) is 43.5 Å². The van der Waals surface area contributed by atoms with E-state index in [1.165, 1.54) is 136 Å². The van der Waals surface area contributed by atoms with Crippen LogP contribution in [0.2, 0.25) is 0 Å². The first-order valence-electron chi connectivity index (χ1n) is 41.4. The summed E-state index contributed by atoms with van der Waals surface area (Å²) in [6.45, 7) is 0. The molecule has 0 radical (unpaired) electrons. The van der Waals surface area contributed by atoms with E-state index in [1.807, 2.05) is 18.2 Å². The van der Waals surface area contributed by atoms with Gasteiger partial charge in [0, 0.05) is 65.8 Å². The van der Waals surface area contributed by atoms with Crippen LogP contribution in [-0.2, 0) is 0 Å². The molecular formula is C115H77N5Si. The standard InChI is InChI=1S/C66H46N2Si.C49H31N3/c1-6-20-47(21-7-1)49-24-18-26-53(42-49)67-63-35-17-16-34-59(63)60-44-51(36-39-64(60)67)52-37-40-65-61(45-52)62-46-58(38-41-66(62)68(65)54-27-19-25-50(43-54)48-22-8-2-9-23-48)69(55-28-10-3-11-29-55,56-30-12-4-13-31-56)57-32-14-5-15-33-57;50-32-33-21-24-47-43(27-33)45-31-39(23-26-49(45)52(47)41-18-10-16-37(29-41)35-13-5-2-6-14-35)38-22-25-48-44(30-38)42-19-7-8-20-46(42)51(48)40-17-9-15-36(28-40)34-11-3-1-4-12-34/h1-46H;1-31H. The highest BCUT2D eigenvalue weighted by molar-refractivity contribution is 7.20. The van der Waals surface area contributed by atoms with Gasteiger partial charge in [-0.3, -0.25) is 0 Å². The molecule has 23 rings (SSSR count). The Labute approximate surface area is 703 Å². The summed E-state index contributed by atoms with van der Waals surface area (Å²) >= 11 is 0. The van der Waals surface area contributed by atoms with Crippen LogP contribution >= 0.6 is 0 Å². The Balaban J connectivity index is 0.000000151. The quantitative estimate of drug-likeness (QED) is 0.0790. The minimum Gasteiger partial charge on any atom is -0.309 e. The zero-order valence-corrected chi connectivity index (χ0v) is 67.2. The molecule has 0 saturated carbocycles. The SMILES string of the molecule is N#Cc1ccc2c(c1)c1cc(-c3ccc4c(c3)c3ccccc3n4-c3cccc(-c4ccccc4)c3)ccc1n2-c1cccc(-c2ccccc2)c1.c1ccc(-c2cccc(-n3c4ccccc4c4cc(-c5ccc6c(c5)c5cc([Si](c7ccccc7)(c7ccccc7)c7ccccc7)ccc5n6-c5cccc(-c6ccccc6)c5)ccc43)c2)cc1. The Morgan fingerprint density at radius 3 is 0.702 bits per heavy atom. The summed E-state index contributed by atoms with van der Waals surface area (Å²) in [7, 11) is -2.82. The van der Waals surface area contributed by atoms with Crippen molar-refractivity contribution in [2.75, 3.05) is 0 Å². The van der Waals surface area contributed by atoms with Crippen molar-refractivity contribution < 1.29 is 0 Å². The maximum atomic E-state index is 9.87. The highest BCUT2D eigenvalue weighted by Gasteiger charge is 2.42. The highest BCUT2D eigenvalue weighted by Crippen LogP contribution is 2.43. The Kier molecular flexibility index (Phi) is 17.9. The van der Waals surface area contributed by atoms with Crippen molar-refractivity contribution >= 4 is 116 Å². The van der Waals surface area contributed by atoms with Crippen LogP contribution in [0.4, 0.5) is 0 Å². The van der Waals surface area contributed by atoms with Gasteiger partial charge in [-0.1, -0.05) is 334 Å². The third-order valence-corrected chi connectivity index (χ3v) is 29.3. The Hall–Kier alpha value is -15.9. The smallest absolute Gasteiger partial charge is 0.179 e. The minimum absolute atomic E-state index is 0.653. The fourth-order valence-corrected chi connectivity index (χ4v) is 23.8. The molecule has 0 fully saturated rings. The molecule has 6 heteroatoms. The monoisotopic (exact) mass is 1560 g/mol. The van der Waals surface area contributed by atoms with Crippen molar-refractivity contribution in [1.82, 2.24) is 18.3 Å². The van der Waals surface area contributed by atoms with E-state index < -0.39 is 8.07 Å². The van der Waals surface area contributed by atoms with Crippen LogP contribution < -0.4 is 20.7 Å². The van der Waals surface area contributed by atoms with E-state index in [2.05, 4.69) is 473 Å². The number of aromatic nitrogens is 4. The Bertz CT molecular complexity index is 7840. The molecule has 19 aromatic carbocycles. The van der Waals surface area contributed by atoms with Crippen molar-refractivity contribution in [2.45, 2.75) is 0 Å². The predicted octanol–water partition coefficient (Wildman–Crippen LogP) is 27.0. The van der Waals surface area contributed by atoms with Gasteiger partial charge in [-0.15, -0.1) is 0 Å². The van der Waals surface area contributed by atoms with Gasteiger partial charge < -0.3 is 18.3 Å². The highest BCUT2D eigenvalue weighted by atomic mass is 28.3. The normalized spacial score (nSPS) is 11.6. The van der Waals surface area contributed by atoms with Gasteiger partial charge in [-0.25, -0.2) is 0 Å². The van der Waals surface area contributed by atoms with Crippen LogP contribution in [0.5, 0.6) is 0 Å². The summed E-state index contributed by atoms with van der Waals surface area (Å²) in [6, 6.07) is 173. The minimum atomic E-state index is -2.82. The third kappa shape index (κ3) is 12.5. The molecule has 121 heavy (non-hydrogen) atoms. The second-order valence-electron chi connectivity index (χ2n) is 31.4. The first kappa shape index (κ1) is 71.6. The molecule has 5 nitrogen and oxygen atoms in total. The van der Waals surface area contributed by atoms with E-state index >= 15 is 0 Å². The number of benzene rings is 19. The van der Waals surface area contributed by atoms with Gasteiger partial charge in [0.15, 0.2) is 8.07 Å². The second kappa shape index (κ2) is 30.3. The molecule has 0 aliphatic carbocycles. The number of fused-ring (bicyclic) bond motifs is 12. The van der Waals surface area contributed by atoms with Crippen molar-refractivity contribution in [2.24, 2.45) is 0 Å². The lowest BCUT2D eigenvalue weighted by Gasteiger charge is -2.34. The summed E-state index contributed by atoms with van der Waals surface area (Å²) in [6.07, 6.45) is 0. The lowest BCUT2D eigenvalue weighted by Crippen LogP contribution is -2.74. The summed E-state index contributed by atoms with van der Waals surface area (Å²) in [5, 5.41) is 24.9. The first-order valence-corrected chi connectivity index (χ1v) is 43.4. The second-order valence-corrected chi connectivity index (χ2v) is 35.2. The Morgan fingerprint density at radius 2 is 0.388 bits per heavy atom. The first-order chi connectivity index (χ1) is 59.9. The predicted molar refractivity (Wildman–Crippen MR) is 511 cm³/mol. The van der Waals surface area contributed by atoms with Gasteiger partial charge in [-0.2, -0.15) is 5.26 Å². The molecule has 0 aliphatic heterocycles. The lowest BCUT2D eigenvalue weighted by atomic mass is 10.00. The van der Waals surface area contributed by atoms with Crippen molar-refractivity contribution in [3.63, 3.8) is 0 Å². The van der Waals surface area contributed by atoms with E-state index in [1.54, 1.807) is 0 Å². The molecule has 0 unspecified atom stereocenters. The van der Waals surface area contributed by atoms with Gasteiger partial charge in [0.25, 0.3) is 0 Å². The molecule has 4 aromatic heterocycles. The number of hydrogen-bond acceptors (Lipinski definition) is 1. The summed E-state index contributed by atoms with van der Waals surface area (Å²) in [5.41, 5.74) is 28.7. The molecule has 23 aromatic rings. The summed E-state index contributed by atoms with van der Waals surface area (Å²) in [5.74, 6) is 0. The van der Waals surface area contributed by atoms with E-state index in [0.717, 1.165) is 61.2 Å². The zero-order chi connectivity index (χ0) is 80.3. The maximum Gasteiger partial charge on any atom is 0.179 e. The molecular weight excluding hydrogens is 1480 g/mol. The van der Waals surface area contributed by atoms with E-state index in [9.17, 15) is 5.26 Å². The van der Waals surface area contributed by atoms with Gasteiger partial charge in [0.1, 0.15) is 0 Å². The van der Waals surface area contributed by atoms with Crippen molar-refractivity contribution in [3.05, 3.63) is 473 Å². The van der Waals surface area contributed by atoms with Crippen LogP contribution in [0.15, 0.2) is 467 Å². The third-order valence-electron chi connectivity index (χ3n) is 24.6. The summed E-state index contributed by atoms with van der Waals surface area (Å²) in [4.78, 5) is 0. The zero-order valence-electron chi connectivity index (χ0n) is 66.2. The number of nitrogens with zero attached hydrogens (tertiary/aromatic N) is 5. The van der Waals surface area contributed by atoms with Crippen LogP contribution in [0.3, 0.4) is 0 Å². The van der Waals surface area contributed by atoms with E-state index in [0.29, 0.717) is 5.56 Å². The van der Waals surface area contributed by atoms with Crippen LogP contribution in [-0.4, -0.2) is 26.3 Å². The average molecular weight is 1560 g/mol. The fourth-order valence-electron chi connectivity index (χ4n) is 19.0. The van der Waals surface area contributed by atoms with E-state index in [-0.39, 0.29) is 0 Å². The van der Waals surface area contributed by atoms with Crippen LogP contribution in [0.25, 0.3) is 177 Å². The summed E-state index contributed by atoms with van der Waals surface area (Å²) < 4.78 is 9.60. The van der Waals surface area contributed by atoms with Crippen molar-refractivity contribution in [3.8, 4) is 95.6 Å².